The lowest BCUT2D eigenvalue weighted by molar-refractivity contribution is 0.310. The van der Waals surface area contributed by atoms with E-state index in [2.05, 4.69) is 25.2 Å². The highest BCUT2D eigenvalue weighted by Gasteiger charge is 2.45. The minimum Gasteiger partial charge on any atom is -0.312 e. The fraction of sp³-hybridized carbons (Fsp3) is 0.923. The quantitative estimate of drug-likeness (QED) is 0.767. The van der Waals surface area contributed by atoms with Crippen LogP contribution in [0, 0.1) is 28.6 Å². The summed E-state index contributed by atoms with van der Waals surface area (Å²) in [6.45, 7) is 5.78. The zero-order valence-corrected chi connectivity index (χ0v) is 9.92. The number of nitriles is 1. The fourth-order valence-electron chi connectivity index (χ4n) is 2.81. The standard InChI is InChI=1S/C13H22N2/c1-10(2)13(6-7-13)9-15-12-5-3-4-11(12)8-14/h10-12,15H,3-7,9H2,1-2H3. The lowest BCUT2D eigenvalue weighted by atomic mass is 9.91. The number of hydrogen-bond donors (Lipinski definition) is 1. The van der Waals surface area contributed by atoms with Gasteiger partial charge in [-0.05, 0) is 37.0 Å². The van der Waals surface area contributed by atoms with Crippen LogP contribution in [0.3, 0.4) is 0 Å². The molecule has 0 amide bonds. The minimum atomic E-state index is 0.271. The van der Waals surface area contributed by atoms with Crippen LogP contribution in [0.5, 0.6) is 0 Å². The highest BCUT2D eigenvalue weighted by molar-refractivity contribution is 5.01. The highest BCUT2D eigenvalue weighted by Crippen LogP contribution is 2.51. The van der Waals surface area contributed by atoms with Gasteiger partial charge in [-0.2, -0.15) is 5.26 Å². The molecule has 15 heavy (non-hydrogen) atoms. The van der Waals surface area contributed by atoms with Gasteiger partial charge in [0, 0.05) is 12.6 Å². The molecular weight excluding hydrogens is 184 g/mol. The number of nitrogens with zero attached hydrogens (tertiary/aromatic N) is 1. The molecule has 0 bridgehead atoms. The van der Waals surface area contributed by atoms with E-state index in [-0.39, 0.29) is 5.92 Å². The molecule has 0 aromatic heterocycles. The van der Waals surface area contributed by atoms with Crippen LogP contribution < -0.4 is 5.32 Å². The van der Waals surface area contributed by atoms with Gasteiger partial charge in [-0.1, -0.05) is 20.3 Å². The Morgan fingerprint density at radius 1 is 1.40 bits per heavy atom. The Kier molecular flexibility index (Phi) is 3.02. The monoisotopic (exact) mass is 206 g/mol. The van der Waals surface area contributed by atoms with Crippen molar-refractivity contribution in [2.75, 3.05) is 6.54 Å². The summed E-state index contributed by atoms with van der Waals surface area (Å²) in [6, 6.07) is 2.92. The Labute approximate surface area is 93.0 Å². The van der Waals surface area contributed by atoms with Crippen LogP contribution >= 0.6 is 0 Å². The summed E-state index contributed by atoms with van der Waals surface area (Å²) >= 11 is 0. The second-order valence-electron chi connectivity index (χ2n) is 5.67. The topological polar surface area (TPSA) is 35.8 Å². The predicted octanol–water partition coefficient (Wildman–Crippen LogP) is 2.70. The lowest BCUT2D eigenvalue weighted by Crippen LogP contribution is -2.37. The summed E-state index contributed by atoms with van der Waals surface area (Å²) in [6.07, 6.45) is 6.28. The van der Waals surface area contributed by atoms with Gasteiger partial charge in [0.05, 0.1) is 12.0 Å². The summed E-state index contributed by atoms with van der Waals surface area (Å²) < 4.78 is 0. The van der Waals surface area contributed by atoms with Gasteiger partial charge in [0.25, 0.3) is 0 Å². The van der Waals surface area contributed by atoms with E-state index in [1.54, 1.807) is 0 Å². The third kappa shape index (κ3) is 2.18. The van der Waals surface area contributed by atoms with Gasteiger partial charge in [0.1, 0.15) is 0 Å². The van der Waals surface area contributed by atoms with Crippen molar-refractivity contribution in [3.63, 3.8) is 0 Å². The number of rotatable bonds is 4. The van der Waals surface area contributed by atoms with Crippen LogP contribution in [0.15, 0.2) is 0 Å². The fourth-order valence-corrected chi connectivity index (χ4v) is 2.81. The Hall–Kier alpha value is -0.550. The van der Waals surface area contributed by atoms with E-state index in [1.807, 2.05) is 0 Å². The molecule has 84 valence electrons. The molecule has 0 aliphatic heterocycles. The molecule has 0 saturated heterocycles. The molecule has 2 fully saturated rings. The predicted molar refractivity (Wildman–Crippen MR) is 61.2 cm³/mol. The minimum absolute atomic E-state index is 0.271. The van der Waals surface area contributed by atoms with Crippen LogP contribution in [0.4, 0.5) is 0 Å². The molecule has 0 aromatic rings. The third-order valence-corrected chi connectivity index (χ3v) is 4.52. The zero-order valence-electron chi connectivity index (χ0n) is 9.92. The van der Waals surface area contributed by atoms with Crippen molar-refractivity contribution in [1.82, 2.24) is 5.32 Å². The van der Waals surface area contributed by atoms with Crippen molar-refractivity contribution >= 4 is 0 Å². The molecule has 0 spiro atoms. The summed E-state index contributed by atoms with van der Waals surface area (Å²) in [4.78, 5) is 0. The molecule has 2 nitrogen and oxygen atoms in total. The summed E-state index contributed by atoms with van der Waals surface area (Å²) in [5.74, 6) is 1.06. The number of nitrogens with one attached hydrogen (secondary N) is 1. The normalized spacial score (nSPS) is 32.9. The molecule has 1 N–H and O–H groups in total. The molecule has 2 atom stereocenters. The van der Waals surface area contributed by atoms with E-state index in [0.717, 1.165) is 18.9 Å². The van der Waals surface area contributed by atoms with Gasteiger partial charge in [-0.25, -0.2) is 0 Å². The van der Waals surface area contributed by atoms with E-state index in [4.69, 9.17) is 5.26 Å². The van der Waals surface area contributed by atoms with Gasteiger partial charge >= 0.3 is 0 Å². The van der Waals surface area contributed by atoms with Crippen LogP contribution in [-0.4, -0.2) is 12.6 Å². The maximum atomic E-state index is 9.00. The summed E-state index contributed by atoms with van der Waals surface area (Å²) in [5, 5.41) is 12.6. The second kappa shape index (κ2) is 4.14. The maximum absolute atomic E-state index is 9.00. The second-order valence-corrected chi connectivity index (χ2v) is 5.67. The first-order valence-corrected chi connectivity index (χ1v) is 6.31. The van der Waals surface area contributed by atoms with Crippen molar-refractivity contribution in [1.29, 1.82) is 5.26 Å². The molecule has 2 aliphatic carbocycles. The first kappa shape index (κ1) is 11.0. The van der Waals surface area contributed by atoms with Crippen LogP contribution in [0.2, 0.25) is 0 Å². The Bertz CT molecular complexity index is 260. The summed E-state index contributed by atoms with van der Waals surface area (Å²) in [5.41, 5.74) is 0.572. The Morgan fingerprint density at radius 3 is 2.67 bits per heavy atom. The molecule has 2 unspecified atom stereocenters. The maximum Gasteiger partial charge on any atom is 0.0672 e. The van der Waals surface area contributed by atoms with Crippen LogP contribution in [-0.2, 0) is 0 Å². The first-order chi connectivity index (χ1) is 7.18. The van der Waals surface area contributed by atoms with Gasteiger partial charge in [0.15, 0.2) is 0 Å². The SMILES string of the molecule is CC(C)C1(CNC2CCCC2C#N)CC1. The average Bonchev–Trinajstić information content (AvgIpc) is 2.88. The smallest absolute Gasteiger partial charge is 0.0672 e. The van der Waals surface area contributed by atoms with E-state index in [0.29, 0.717) is 11.5 Å². The van der Waals surface area contributed by atoms with Crippen molar-refractivity contribution in [2.45, 2.75) is 52.0 Å². The van der Waals surface area contributed by atoms with E-state index in [1.165, 1.54) is 25.7 Å². The van der Waals surface area contributed by atoms with Crippen LogP contribution in [0.25, 0.3) is 0 Å². The third-order valence-electron chi connectivity index (χ3n) is 4.52. The molecule has 2 rings (SSSR count). The Morgan fingerprint density at radius 2 is 2.13 bits per heavy atom. The summed E-state index contributed by atoms with van der Waals surface area (Å²) in [7, 11) is 0. The average molecular weight is 206 g/mol. The molecule has 0 heterocycles. The number of hydrogen-bond acceptors (Lipinski definition) is 2. The van der Waals surface area contributed by atoms with Crippen molar-refractivity contribution in [3.05, 3.63) is 0 Å². The first-order valence-electron chi connectivity index (χ1n) is 6.31. The molecule has 2 aliphatic rings. The van der Waals surface area contributed by atoms with Crippen molar-refractivity contribution in [2.24, 2.45) is 17.3 Å². The van der Waals surface area contributed by atoms with Gasteiger partial charge < -0.3 is 5.32 Å². The molecule has 2 heteroatoms. The largest absolute Gasteiger partial charge is 0.312 e. The van der Waals surface area contributed by atoms with E-state index >= 15 is 0 Å². The van der Waals surface area contributed by atoms with E-state index in [9.17, 15) is 0 Å². The van der Waals surface area contributed by atoms with Gasteiger partial charge in [0.2, 0.25) is 0 Å². The van der Waals surface area contributed by atoms with Crippen LogP contribution in [0.1, 0.15) is 46.0 Å². The molecule has 2 saturated carbocycles. The molecule has 0 radical (unpaired) electrons. The molecular formula is C13H22N2. The zero-order chi connectivity index (χ0) is 10.9. The molecule has 0 aromatic carbocycles. The highest BCUT2D eigenvalue weighted by atomic mass is 14.9. The Balaban J connectivity index is 1.81. The van der Waals surface area contributed by atoms with Crippen molar-refractivity contribution in [3.8, 4) is 6.07 Å². The van der Waals surface area contributed by atoms with E-state index < -0.39 is 0 Å². The van der Waals surface area contributed by atoms with Crippen molar-refractivity contribution < 1.29 is 0 Å². The van der Waals surface area contributed by atoms with Gasteiger partial charge in [-0.15, -0.1) is 0 Å². The van der Waals surface area contributed by atoms with Gasteiger partial charge in [-0.3, -0.25) is 0 Å². The lowest BCUT2D eigenvalue weighted by Gasteiger charge is -2.24.